The summed E-state index contributed by atoms with van der Waals surface area (Å²) in [5.74, 6) is -2.56. The highest BCUT2D eigenvalue weighted by atomic mass is 35.5. The standard InChI is InChI=1S/C29H34ClN3O5/c1-17(2)15-19(16-34)33-24(26(36)32-21-12-8-7-11-20(21)30)29-14-13-28(3,38-29)22(23(29)27(33)37)25(35)31-18-9-5-4-6-10-18/h4-12,17,19,22-24,34H,13-16H2,1-3H3,(H,31,35)(H,32,36)/t19-,22-,23+,24?,28+,29?/m1/s1. The van der Waals surface area contributed by atoms with Crippen molar-refractivity contribution in [3.05, 3.63) is 59.6 Å². The molecule has 3 N–H and O–H groups in total. The number of aliphatic hydroxyl groups is 1. The second-order valence-corrected chi connectivity index (χ2v) is 11.7. The van der Waals surface area contributed by atoms with Gasteiger partial charge in [0.15, 0.2) is 0 Å². The SMILES string of the molecule is CC(C)C[C@H](CO)N1C(=O)[C@@H]2[C@H](C(=O)Nc3ccccc3)[C@]3(C)CCC2(O3)C1C(=O)Nc1ccccc1Cl. The summed E-state index contributed by atoms with van der Waals surface area (Å²) in [5, 5.41) is 16.6. The first-order valence-electron chi connectivity index (χ1n) is 13.2. The van der Waals surface area contributed by atoms with Crippen molar-refractivity contribution in [2.75, 3.05) is 17.2 Å². The minimum Gasteiger partial charge on any atom is -0.394 e. The molecule has 0 saturated carbocycles. The molecule has 9 heteroatoms. The van der Waals surface area contributed by atoms with Crippen molar-refractivity contribution in [2.45, 2.75) is 63.3 Å². The zero-order valence-corrected chi connectivity index (χ0v) is 22.6. The predicted octanol–water partition coefficient (Wildman–Crippen LogP) is 4.09. The molecule has 38 heavy (non-hydrogen) atoms. The molecule has 3 saturated heterocycles. The summed E-state index contributed by atoms with van der Waals surface area (Å²) in [6.07, 6.45) is 1.48. The fourth-order valence-electron chi connectivity index (χ4n) is 6.78. The maximum atomic E-state index is 14.2. The van der Waals surface area contributed by atoms with E-state index in [1.165, 1.54) is 4.90 Å². The van der Waals surface area contributed by atoms with Gasteiger partial charge in [0.2, 0.25) is 17.7 Å². The number of halogens is 1. The number of benzene rings is 2. The Labute approximate surface area is 227 Å². The van der Waals surface area contributed by atoms with Crippen LogP contribution in [0.2, 0.25) is 5.02 Å². The van der Waals surface area contributed by atoms with Crippen LogP contribution < -0.4 is 10.6 Å². The second kappa shape index (κ2) is 9.98. The molecule has 2 unspecified atom stereocenters. The number of hydrogen-bond acceptors (Lipinski definition) is 5. The van der Waals surface area contributed by atoms with E-state index in [1.54, 1.807) is 36.4 Å². The van der Waals surface area contributed by atoms with Crippen LogP contribution in [-0.4, -0.2) is 57.6 Å². The largest absolute Gasteiger partial charge is 0.394 e. The second-order valence-electron chi connectivity index (χ2n) is 11.3. The molecule has 0 radical (unpaired) electrons. The van der Waals surface area contributed by atoms with Gasteiger partial charge in [-0.2, -0.15) is 0 Å². The summed E-state index contributed by atoms with van der Waals surface area (Å²) in [6.45, 7) is 5.55. The zero-order chi connectivity index (χ0) is 27.2. The summed E-state index contributed by atoms with van der Waals surface area (Å²) >= 11 is 6.33. The van der Waals surface area contributed by atoms with Crippen molar-refractivity contribution in [1.82, 2.24) is 4.90 Å². The lowest BCUT2D eigenvalue weighted by Gasteiger charge is -2.37. The molecule has 3 amide bonds. The van der Waals surface area contributed by atoms with Crippen molar-refractivity contribution in [3.63, 3.8) is 0 Å². The molecule has 0 aliphatic carbocycles. The molecule has 3 aliphatic rings. The van der Waals surface area contributed by atoms with Crippen LogP contribution in [0.3, 0.4) is 0 Å². The number of carbonyl (C=O) groups excluding carboxylic acids is 3. The molecule has 3 fully saturated rings. The van der Waals surface area contributed by atoms with Gasteiger partial charge in [-0.15, -0.1) is 0 Å². The van der Waals surface area contributed by atoms with Gasteiger partial charge < -0.3 is 25.4 Å². The molecule has 2 aromatic rings. The Morgan fingerprint density at radius 2 is 1.76 bits per heavy atom. The fourth-order valence-corrected chi connectivity index (χ4v) is 6.97. The molecule has 202 valence electrons. The summed E-state index contributed by atoms with van der Waals surface area (Å²) in [7, 11) is 0. The number of nitrogens with one attached hydrogen (secondary N) is 2. The summed E-state index contributed by atoms with van der Waals surface area (Å²) in [5.41, 5.74) is -1.05. The number of fused-ring (bicyclic) bond motifs is 1. The third kappa shape index (κ3) is 4.28. The highest BCUT2D eigenvalue weighted by Gasteiger charge is 2.78. The van der Waals surface area contributed by atoms with E-state index >= 15 is 0 Å². The Balaban J connectivity index is 1.55. The van der Waals surface area contributed by atoms with Gasteiger partial charge in [0.25, 0.3) is 0 Å². The normalized spacial score (nSPS) is 30.4. The lowest BCUT2D eigenvalue weighted by molar-refractivity contribution is -0.147. The number of carbonyl (C=O) groups is 3. The fraction of sp³-hybridized carbons (Fsp3) is 0.483. The number of para-hydroxylation sites is 2. The molecule has 3 aliphatic heterocycles. The van der Waals surface area contributed by atoms with Gasteiger partial charge in [-0.25, -0.2) is 0 Å². The molecule has 8 nitrogen and oxygen atoms in total. The molecule has 3 heterocycles. The summed E-state index contributed by atoms with van der Waals surface area (Å²) in [6, 6.07) is 14.4. The van der Waals surface area contributed by atoms with Gasteiger partial charge in [0.1, 0.15) is 11.6 Å². The van der Waals surface area contributed by atoms with Crippen molar-refractivity contribution < 1.29 is 24.2 Å². The van der Waals surface area contributed by atoms with Gasteiger partial charge in [-0.05, 0) is 56.4 Å². The van der Waals surface area contributed by atoms with E-state index in [0.717, 1.165) is 0 Å². The molecular weight excluding hydrogens is 506 g/mol. The molecule has 2 aromatic carbocycles. The summed E-state index contributed by atoms with van der Waals surface area (Å²) in [4.78, 5) is 43.4. The monoisotopic (exact) mass is 539 g/mol. The van der Waals surface area contributed by atoms with E-state index in [-0.39, 0.29) is 24.3 Å². The number of rotatable bonds is 8. The third-order valence-corrected chi connectivity index (χ3v) is 8.60. The van der Waals surface area contributed by atoms with E-state index in [4.69, 9.17) is 16.3 Å². The van der Waals surface area contributed by atoms with Crippen LogP contribution in [0, 0.1) is 17.8 Å². The lowest BCUT2D eigenvalue weighted by Crippen LogP contribution is -2.56. The zero-order valence-electron chi connectivity index (χ0n) is 21.8. The Bertz CT molecular complexity index is 1240. The van der Waals surface area contributed by atoms with Crippen LogP contribution in [0.15, 0.2) is 54.6 Å². The first-order valence-corrected chi connectivity index (χ1v) is 13.5. The molecule has 1 spiro atoms. The number of nitrogens with zero attached hydrogens (tertiary/aromatic N) is 1. The highest BCUT2D eigenvalue weighted by molar-refractivity contribution is 6.33. The average molecular weight is 540 g/mol. The Morgan fingerprint density at radius 1 is 1.08 bits per heavy atom. The molecule has 6 atom stereocenters. The Hall–Kier alpha value is -2.94. The van der Waals surface area contributed by atoms with Gasteiger partial charge in [-0.1, -0.05) is 55.8 Å². The van der Waals surface area contributed by atoms with Gasteiger partial charge >= 0.3 is 0 Å². The smallest absolute Gasteiger partial charge is 0.250 e. The van der Waals surface area contributed by atoms with Crippen molar-refractivity contribution in [3.8, 4) is 0 Å². The van der Waals surface area contributed by atoms with Gasteiger partial charge in [-0.3, -0.25) is 14.4 Å². The van der Waals surface area contributed by atoms with E-state index in [1.807, 2.05) is 39.0 Å². The average Bonchev–Trinajstić information content (AvgIpc) is 3.45. The molecular formula is C29H34ClN3O5. The van der Waals surface area contributed by atoms with E-state index in [0.29, 0.717) is 35.7 Å². The Kier molecular flexibility index (Phi) is 7.00. The molecule has 0 aromatic heterocycles. The molecule has 5 rings (SSSR count). The first-order chi connectivity index (χ1) is 18.1. The molecule has 2 bridgehead atoms. The number of amides is 3. The maximum absolute atomic E-state index is 14.2. The van der Waals surface area contributed by atoms with Crippen LogP contribution >= 0.6 is 11.6 Å². The summed E-state index contributed by atoms with van der Waals surface area (Å²) < 4.78 is 6.65. The quantitative estimate of drug-likeness (QED) is 0.468. The minimum absolute atomic E-state index is 0.164. The van der Waals surface area contributed by atoms with Crippen LogP contribution in [-0.2, 0) is 19.1 Å². The Morgan fingerprint density at radius 3 is 2.42 bits per heavy atom. The number of aliphatic hydroxyl groups excluding tert-OH is 1. The van der Waals surface area contributed by atoms with Crippen LogP contribution in [0.4, 0.5) is 11.4 Å². The highest BCUT2D eigenvalue weighted by Crippen LogP contribution is 2.63. The number of anilines is 2. The third-order valence-electron chi connectivity index (χ3n) is 8.27. The van der Waals surface area contributed by atoms with Crippen LogP contribution in [0.1, 0.15) is 40.0 Å². The predicted molar refractivity (Wildman–Crippen MR) is 145 cm³/mol. The minimum atomic E-state index is -1.19. The van der Waals surface area contributed by atoms with Crippen molar-refractivity contribution in [2.24, 2.45) is 17.8 Å². The van der Waals surface area contributed by atoms with Crippen molar-refractivity contribution >= 4 is 40.7 Å². The topological polar surface area (TPSA) is 108 Å². The van der Waals surface area contributed by atoms with E-state index in [9.17, 15) is 19.5 Å². The van der Waals surface area contributed by atoms with E-state index < -0.39 is 41.0 Å². The van der Waals surface area contributed by atoms with Crippen LogP contribution in [0.25, 0.3) is 0 Å². The van der Waals surface area contributed by atoms with E-state index in [2.05, 4.69) is 10.6 Å². The number of likely N-dealkylation sites (tertiary alicyclic amines) is 1. The first kappa shape index (κ1) is 26.7. The maximum Gasteiger partial charge on any atom is 0.250 e. The number of ether oxygens (including phenoxy) is 1. The lowest BCUT2D eigenvalue weighted by atomic mass is 9.66. The van der Waals surface area contributed by atoms with Gasteiger partial charge in [0, 0.05) is 5.69 Å². The van der Waals surface area contributed by atoms with Crippen LogP contribution in [0.5, 0.6) is 0 Å². The number of hydrogen-bond donors (Lipinski definition) is 3. The van der Waals surface area contributed by atoms with Crippen molar-refractivity contribution in [1.29, 1.82) is 0 Å². The van der Waals surface area contributed by atoms with Gasteiger partial charge in [0.05, 0.1) is 40.8 Å².